The number of aryl methyl sites for hydroxylation is 1. The van der Waals surface area contributed by atoms with Crippen LogP contribution in [0.2, 0.25) is 5.02 Å². The summed E-state index contributed by atoms with van der Waals surface area (Å²) >= 11 is 5.89. The molecule has 2 N–H and O–H groups in total. The normalized spacial score (nSPS) is 10.8. The van der Waals surface area contributed by atoms with Crippen molar-refractivity contribution in [2.75, 3.05) is 10.6 Å². The predicted octanol–water partition coefficient (Wildman–Crippen LogP) is 6.50. The minimum absolute atomic E-state index is 0.221. The molecule has 1 amide bonds. The van der Waals surface area contributed by atoms with Crippen molar-refractivity contribution in [2.24, 2.45) is 0 Å². The van der Waals surface area contributed by atoms with Crippen molar-refractivity contribution in [1.29, 1.82) is 0 Å². The minimum Gasteiger partial charge on any atom is -0.340 e. The van der Waals surface area contributed by atoms with Crippen LogP contribution in [0, 0.1) is 6.92 Å². The van der Waals surface area contributed by atoms with E-state index in [1.165, 1.54) is 6.08 Å². The largest absolute Gasteiger partial charge is 0.340 e. The molecule has 0 aliphatic heterocycles. The number of benzene rings is 3. The van der Waals surface area contributed by atoms with Crippen molar-refractivity contribution in [1.82, 2.24) is 9.97 Å². The van der Waals surface area contributed by atoms with Crippen LogP contribution in [0.1, 0.15) is 11.4 Å². The molecule has 0 aliphatic carbocycles. The molecule has 0 saturated carbocycles. The molecule has 0 bridgehead atoms. The third kappa shape index (κ3) is 5.80. The molecule has 0 spiro atoms. The Balaban J connectivity index is 1.46. The van der Waals surface area contributed by atoms with Gasteiger partial charge in [0.2, 0.25) is 5.91 Å². The zero-order chi connectivity index (χ0) is 22.3. The van der Waals surface area contributed by atoms with Gasteiger partial charge >= 0.3 is 0 Å². The van der Waals surface area contributed by atoms with Gasteiger partial charge < -0.3 is 10.6 Å². The topological polar surface area (TPSA) is 66.9 Å². The van der Waals surface area contributed by atoms with Gasteiger partial charge in [0.25, 0.3) is 0 Å². The highest BCUT2D eigenvalue weighted by atomic mass is 35.5. The van der Waals surface area contributed by atoms with Crippen LogP contribution in [0.5, 0.6) is 0 Å². The zero-order valence-electron chi connectivity index (χ0n) is 17.4. The number of hydrogen-bond acceptors (Lipinski definition) is 4. The van der Waals surface area contributed by atoms with Gasteiger partial charge in [0.15, 0.2) is 0 Å². The van der Waals surface area contributed by atoms with Crippen LogP contribution in [0.4, 0.5) is 17.2 Å². The van der Waals surface area contributed by atoms with Crippen LogP contribution in [0.3, 0.4) is 0 Å². The van der Waals surface area contributed by atoms with Crippen molar-refractivity contribution in [3.05, 3.63) is 107 Å². The first-order valence-electron chi connectivity index (χ1n) is 10.1. The lowest BCUT2D eigenvalue weighted by atomic mass is 10.1. The molecule has 0 saturated heterocycles. The van der Waals surface area contributed by atoms with Gasteiger partial charge in [-0.1, -0.05) is 60.1 Å². The fourth-order valence-corrected chi connectivity index (χ4v) is 3.27. The maximum atomic E-state index is 12.3. The van der Waals surface area contributed by atoms with Gasteiger partial charge in [0.05, 0.1) is 5.69 Å². The number of anilines is 3. The number of carbonyl (C=O) groups is 1. The van der Waals surface area contributed by atoms with Crippen LogP contribution in [-0.2, 0) is 4.79 Å². The number of carbonyl (C=O) groups excluding carboxylic acids is 1. The summed E-state index contributed by atoms with van der Waals surface area (Å²) in [7, 11) is 0. The second-order valence-corrected chi connectivity index (χ2v) is 7.57. The van der Waals surface area contributed by atoms with Crippen molar-refractivity contribution in [3.8, 4) is 11.3 Å². The lowest BCUT2D eigenvalue weighted by Crippen LogP contribution is -2.08. The van der Waals surface area contributed by atoms with Crippen LogP contribution < -0.4 is 10.6 Å². The second kappa shape index (κ2) is 9.90. The van der Waals surface area contributed by atoms with Crippen LogP contribution >= 0.6 is 11.6 Å². The molecular formula is C26H21ClN4O. The van der Waals surface area contributed by atoms with Crippen LogP contribution in [0.25, 0.3) is 17.3 Å². The van der Waals surface area contributed by atoms with E-state index in [9.17, 15) is 4.79 Å². The Hall–Kier alpha value is -3.96. The van der Waals surface area contributed by atoms with Gasteiger partial charge in [0, 0.05) is 34.1 Å². The molecule has 0 unspecified atom stereocenters. The summed E-state index contributed by atoms with van der Waals surface area (Å²) in [4.78, 5) is 21.3. The number of halogens is 1. The number of nitrogens with zero attached hydrogens (tertiary/aromatic N) is 2. The summed E-state index contributed by atoms with van der Waals surface area (Å²) < 4.78 is 0. The average Bonchev–Trinajstić information content (AvgIpc) is 2.79. The van der Waals surface area contributed by atoms with Crippen LogP contribution in [-0.4, -0.2) is 15.9 Å². The first kappa shape index (κ1) is 21.3. The highest BCUT2D eigenvalue weighted by Gasteiger charge is 2.06. The van der Waals surface area contributed by atoms with Gasteiger partial charge in [-0.05, 0) is 48.9 Å². The van der Waals surface area contributed by atoms with E-state index in [4.69, 9.17) is 11.6 Å². The Labute approximate surface area is 191 Å². The molecule has 1 heterocycles. The summed E-state index contributed by atoms with van der Waals surface area (Å²) in [5.41, 5.74) is 4.25. The minimum atomic E-state index is -0.221. The molecule has 0 radical (unpaired) electrons. The predicted molar refractivity (Wildman–Crippen MR) is 131 cm³/mol. The molecule has 0 aliphatic rings. The van der Waals surface area contributed by atoms with E-state index in [2.05, 4.69) is 20.6 Å². The number of hydrogen-bond donors (Lipinski definition) is 2. The summed E-state index contributed by atoms with van der Waals surface area (Å²) in [6.45, 7) is 1.86. The fourth-order valence-electron chi connectivity index (χ4n) is 3.14. The standard InChI is InChI=1S/C26H21ClN4O/c1-18-28-24(20-6-3-2-4-7-20)17-25(29-18)30-22-8-5-9-23(16-22)31-26(32)15-12-19-10-13-21(27)14-11-19/h2-17H,1H3,(H,31,32)(H,28,29,30)/b15-12+. The lowest BCUT2D eigenvalue weighted by Gasteiger charge is -2.10. The Morgan fingerprint density at radius 1 is 0.875 bits per heavy atom. The van der Waals surface area contributed by atoms with Crippen LogP contribution in [0.15, 0.2) is 91.0 Å². The fraction of sp³-hybridized carbons (Fsp3) is 0.0385. The summed E-state index contributed by atoms with van der Waals surface area (Å²) in [5, 5.41) is 6.83. The van der Waals surface area contributed by atoms with Gasteiger partial charge in [-0.15, -0.1) is 0 Å². The third-order valence-electron chi connectivity index (χ3n) is 4.61. The molecule has 32 heavy (non-hydrogen) atoms. The summed E-state index contributed by atoms with van der Waals surface area (Å²) in [6, 6.07) is 26.6. The van der Waals surface area contributed by atoms with E-state index in [1.54, 1.807) is 18.2 Å². The zero-order valence-corrected chi connectivity index (χ0v) is 18.2. The van der Waals surface area contributed by atoms with Crippen molar-refractivity contribution < 1.29 is 4.79 Å². The third-order valence-corrected chi connectivity index (χ3v) is 4.86. The number of aromatic nitrogens is 2. The van der Waals surface area contributed by atoms with E-state index in [0.717, 1.165) is 22.5 Å². The summed E-state index contributed by atoms with van der Waals surface area (Å²) in [6.07, 6.45) is 3.23. The molecule has 0 fully saturated rings. The molecule has 158 valence electrons. The van der Waals surface area contributed by atoms with E-state index < -0.39 is 0 Å². The molecule has 3 aromatic carbocycles. The highest BCUT2D eigenvalue weighted by molar-refractivity contribution is 6.30. The van der Waals surface area contributed by atoms with E-state index in [-0.39, 0.29) is 5.91 Å². The van der Waals surface area contributed by atoms with Crippen molar-refractivity contribution in [2.45, 2.75) is 6.92 Å². The van der Waals surface area contributed by atoms with Gasteiger partial charge in [-0.3, -0.25) is 4.79 Å². The van der Waals surface area contributed by atoms with Gasteiger partial charge in [-0.2, -0.15) is 0 Å². The maximum absolute atomic E-state index is 12.3. The Morgan fingerprint density at radius 2 is 1.62 bits per heavy atom. The number of nitrogens with one attached hydrogen (secondary N) is 2. The monoisotopic (exact) mass is 440 g/mol. The van der Waals surface area contributed by atoms with E-state index in [0.29, 0.717) is 22.4 Å². The highest BCUT2D eigenvalue weighted by Crippen LogP contribution is 2.23. The SMILES string of the molecule is Cc1nc(Nc2cccc(NC(=O)/C=C/c3ccc(Cl)cc3)c2)cc(-c2ccccc2)n1. The summed E-state index contributed by atoms with van der Waals surface area (Å²) in [5.74, 6) is 1.13. The number of rotatable bonds is 6. The molecule has 6 heteroatoms. The smallest absolute Gasteiger partial charge is 0.248 e. The molecular weight excluding hydrogens is 420 g/mol. The second-order valence-electron chi connectivity index (χ2n) is 7.13. The van der Waals surface area contributed by atoms with Gasteiger partial charge in [-0.25, -0.2) is 9.97 Å². The Bertz CT molecular complexity index is 1250. The first-order valence-corrected chi connectivity index (χ1v) is 10.5. The number of amides is 1. The quantitative estimate of drug-likeness (QED) is 0.336. The van der Waals surface area contributed by atoms with Crippen molar-refractivity contribution in [3.63, 3.8) is 0 Å². The molecule has 1 aromatic heterocycles. The molecule has 0 atom stereocenters. The van der Waals surface area contributed by atoms with E-state index in [1.807, 2.05) is 79.7 Å². The molecule has 4 aromatic rings. The Morgan fingerprint density at radius 3 is 2.41 bits per heavy atom. The first-order chi connectivity index (χ1) is 15.5. The average molecular weight is 441 g/mol. The van der Waals surface area contributed by atoms with E-state index >= 15 is 0 Å². The lowest BCUT2D eigenvalue weighted by molar-refractivity contribution is -0.111. The van der Waals surface area contributed by atoms with Gasteiger partial charge in [0.1, 0.15) is 11.6 Å². The molecule has 4 rings (SSSR count). The van der Waals surface area contributed by atoms with Crippen molar-refractivity contribution >= 4 is 40.8 Å². The maximum Gasteiger partial charge on any atom is 0.248 e. The Kier molecular flexibility index (Phi) is 6.58. The molecule has 5 nitrogen and oxygen atoms in total.